The van der Waals surface area contributed by atoms with Crippen LogP contribution >= 0.6 is 31.9 Å². The third-order valence-corrected chi connectivity index (χ3v) is 11.0. The summed E-state index contributed by atoms with van der Waals surface area (Å²) in [5.74, 6) is 0. The Bertz CT molecular complexity index is 2140. The van der Waals surface area contributed by atoms with Gasteiger partial charge in [-0.1, -0.05) is 202 Å². The van der Waals surface area contributed by atoms with Crippen LogP contribution in [0.25, 0.3) is 0 Å². The molecule has 4 N–H and O–H groups in total. The maximum Gasteiger partial charge on any atom is 0.0702 e. The van der Waals surface area contributed by atoms with Crippen LogP contribution in [0.4, 0.5) is 11.4 Å². The van der Waals surface area contributed by atoms with Crippen LogP contribution in [0.15, 0.2) is 227 Å². The van der Waals surface area contributed by atoms with Gasteiger partial charge in [-0.25, -0.2) is 0 Å². The smallest absolute Gasteiger partial charge is 0.0702 e. The molecule has 0 radical (unpaired) electrons. The summed E-state index contributed by atoms with van der Waals surface area (Å²) < 4.78 is 2.12. The molecule has 0 unspecified atom stereocenters. The Morgan fingerprint density at radius 2 is 0.500 bits per heavy atom. The highest BCUT2D eigenvalue weighted by atomic mass is 79.9. The van der Waals surface area contributed by atoms with Gasteiger partial charge in [0, 0.05) is 20.3 Å². The van der Waals surface area contributed by atoms with E-state index < -0.39 is 10.8 Å². The van der Waals surface area contributed by atoms with Crippen molar-refractivity contribution >= 4 is 43.2 Å². The van der Waals surface area contributed by atoms with Gasteiger partial charge in [0.1, 0.15) is 0 Å². The number of halogens is 2. The maximum atomic E-state index is 6.00. The van der Waals surface area contributed by atoms with Gasteiger partial charge in [-0.05, 0) is 93.0 Å². The molecule has 0 aromatic heterocycles. The second-order valence-electron chi connectivity index (χ2n) is 13.2. The third-order valence-electron chi connectivity index (χ3n) is 10.0. The molecule has 0 aliphatic heterocycles. The van der Waals surface area contributed by atoms with Crippen molar-refractivity contribution in [3.05, 3.63) is 272 Å². The Morgan fingerprint density at radius 3 is 0.759 bits per heavy atom. The first kappa shape index (κ1) is 36.7. The van der Waals surface area contributed by atoms with Crippen molar-refractivity contribution in [2.75, 3.05) is 11.5 Å². The van der Waals surface area contributed by atoms with Gasteiger partial charge in [0.05, 0.1) is 10.8 Å². The second-order valence-corrected chi connectivity index (χ2v) is 15.1. The number of anilines is 2. The van der Waals surface area contributed by atoms with E-state index in [1.807, 2.05) is 24.3 Å². The van der Waals surface area contributed by atoms with E-state index in [-0.39, 0.29) is 0 Å². The molecule has 0 spiro atoms. The highest BCUT2D eigenvalue weighted by Gasteiger charge is 2.39. The largest absolute Gasteiger partial charge is 0.399 e. The molecule has 54 heavy (non-hydrogen) atoms. The average molecular weight is 829 g/mol. The molecule has 2 nitrogen and oxygen atoms in total. The normalized spacial score (nSPS) is 11.3. The fourth-order valence-electron chi connectivity index (χ4n) is 7.66. The first-order chi connectivity index (χ1) is 26.4. The van der Waals surface area contributed by atoms with E-state index in [9.17, 15) is 0 Å². The highest BCUT2D eigenvalue weighted by Crippen LogP contribution is 2.47. The first-order valence-corrected chi connectivity index (χ1v) is 19.5. The van der Waals surface area contributed by atoms with Gasteiger partial charge < -0.3 is 11.5 Å². The van der Waals surface area contributed by atoms with Gasteiger partial charge in [0.2, 0.25) is 0 Å². The van der Waals surface area contributed by atoms with E-state index >= 15 is 0 Å². The van der Waals surface area contributed by atoms with E-state index in [2.05, 4.69) is 226 Å². The van der Waals surface area contributed by atoms with Gasteiger partial charge >= 0.3 is 0 Å². The standard InChI is InChI=1S/2C25H20BrN/c2*26-23-13-7-12-22(18-23)25(19-8-3-1-4-9-19,20-10-5-2-6-11-20)21-14-16-24(27)17-15-21/h2*1-18H,27H2. The lowest BCUT2D eigenvalue weighted by Gasteiger charge is -2.37. The lowest BCUT2D eigenvalue weighted by Crippen LogP contribution is -2.31. The van der Waals surface area contributed by atoms with Crippen molar-refractivity contribution < 1.29 is 0 Å². The lowest BCUT2D eigenvalue weighted by molar-refractivity contribution is 0.744. The van der Waals surface area contributed by atoms with Crippen LogP contribution in [0.1, 0.15) is 44.5 Å². The monoisotopic (exact) mass is 826 g/mol. The average Bonchev–Trinajstić information content (AvgIpc) is 3.22. The minimum atomic E-state index is -0.431. The summed E-state index contributed by atoms with van der Waals surface area (Å²) in [5.41, 5.74) is 22.4. The molecular weight excluding hydrogens is 788 g/mol. The molecule has 0 saturated carbocycles. The molecule has 0 saturated heterocycles. The summed E-state index contributed by atoms with van der Waals surface area (Å²) in [7, 11) is 0. The fraction of sp³-hybridized carbons (Fsp3) is 0.0400. The molecule has 0 aliphatic carbocycles. The van der Waals surface area contributed by atoms with E-state index in [0.29, 0.717) is 0 Å². The van der Waals surface area contributed by atoms with Crippen molar-refractivity contribution in [3.8, 4) is 0 Å². The summed E-state index contributed by atoms with van der Waals surface area (Å²) in [6.07, 6.45) is 0. The summed E-state index contributed by atoms with van der Waals surface area (Å²) in [4.78, 5) is 0. The molecule has 0 aliphatic rings. The second kappa shape index (κ2) is 16.6. The third kappa shape index (κ3) is 7.28. The topological polar surface area (TPSA) is 52.0 Å². The van der Waals surface area contributed by atoms with Crippen LogP contribution in [-0.2, 0) is 10.8 Å². The number of benzene rings is 8. The van der Waals surface area contributed by atoms with Crippen molar-refractivity contribution in [1.29, 1.82) is 0 Å². The molecule has 4 heteroatoms. The SMILES string of the molecule is Nc1ccc(C(c2ccccc2)(c2ccccc2)c2cccc(Br)c2)cc1.Nc1ccc(C(c2ccccc2)(c2ccccc2)c2cccc(Br)c2)cc1. The summed E-state index contributed by atoms with van der Waals surface area (Å²) >= 11 is 7.33. The molecule has 0 atom stereocenters. The summed E-state index contributed by atoms with van der Waals surface area (Å²) in [6, 6.07) is 76.2. The number of hydrogen-bond donors (Lipinski definition) is 2. The van der Waals surface area contributed by atoms with Gasteiger partial charge in [0.25, 0.3) is 0 Å². The minimum Gasteiger partial charge on any atom is -0.399 e. The molecular formula is C50H40Br2N2. The Kier molecular flexibility index (Phi) is 11.2. The van der Waals surface area contributed by atoms with Crippen molar-refractivity contribution in [2.45, 2.75) is 10.8 Å². The van der Waals surface area contributed by atoms with Gasteiger partial charge in [-0.15, -0.1) is 0 Å². The quantitative estimate of drug-likeness (QED) is 0.118. The first-order valence-electron chi connectivity index (χ1n) is 17.9. The Morgan fingerprint density at radius 1 is 0.259 bits per heavy atom. The van der Waals surface area contributed by atoms with Gasteiger partial charge in [-0.3, -0.25) is 0 Å². The highest BCUT2D eigenvalue weighted by molar-refractivity contribution is 9.10. The molecule has 8 rings (SSSR count). The zero-order valence-corrected chi connectivity index (χ0v) is 32.9. The van der Waals surface area contributed by atoms with E-state index in [1.165, 1.54) is 44.5 Å². The number of nitrogens with two attached hydrogens (primary N) is 2. The van der Waals surface area contributed by atoms with Crippen LogP contribution in [0, 0.1) is 0 Å². The molecule has 0 heterocycles. The predicted molar refractivity (Wildman–Crippen MR) is 234 cm³/mol. The Labute approximate surface area is 335 Å². The van der Waals surface area contributed by atoms with Crippen LogP contribution in [0.2, 0.25) is 0 Å². The summed E-state index contributed by atoms with van der Waals surface area (Å²) in [5, 5.41) is 0. The van der Waals surface area contributed by atoms with Crippen LogP contribution in [-0.4, -0.2) is 0 Å². The number of nitrogen functional groups attached to an aromatic ring is 2. The van der Waals surface area contributed by atoms with Crippen molar-refractivity contribution in [3.63, 3.8) is 0 Å². The van der Waals surface area contributed by atoms with E-state index in [1.54, 1.807) is 0 Å². The lowest BCUT2D eigenvalue weighted by atomic mass is 9.65. The molecule has 8 aromatic carbocycles. The van der Waals surface area contributed by atoms with Crippen molar-refractivity contribution in [1.82, 2.24) is 0 Å². The Hall–Kier alpha value is -5.68. The zero-order chi connectivity index (χ0) is 37.4. The zero-order valence-electron chi connectivity index (χ0n) is 29.7. The van der Waals surface area contributed by atoms with E-state index in [0.717, 1.165) is 20.3 Å². The molecule has 0 fully saturated rings. The summed E-state index contributed by atoms with van der Waals surface area (Å²) in [6.45, 7) is 0. The maximum absolute atomic E-state index is 6.00. The fourth-order valence-corrected chi connectivity index (χ4v) is 8.46. The molecule has 0 amide bonds. The van der Waals surface area contributed by atoms with Crippen LogP contribution < -0.4 is 11.5 Å². The van der Waals surface area contributed by atoms with E-state index in [4.69, 9.17) is 11.5 Å². The van der Waals surface area contributed by atoms with Crippen LogP contribution in [0.5, 0.6) is 0 Å². The number of hydrogen-bond acceptors (Lipinski definition) is 2. The molecule has 0 bridgehead atoms. The van der Waals surface area contributed by atoms with Crippen molar-refractivity contribution in [2.24, 2.45) is 0 Å². The van der Waals surface area contributed by atoms with Gasteiger partial charge in [0.15, 0.2) is 0 Å². The van der Waals surface area contributed by atoms with Gasteiger partial charge in [-0.2, -0.15) is 0 Å². The molecule has 8 aromatic rings. The predicted octanol–water partition coefficient (Wildman–Crippen LogP) is 12.8. The molecule has 264 valence electrons. The Balaban J connectivity index is 0.000000167. The van der Waals surface area contributed by atoms with Crippen LogP contribution in [0.3, 0.4) is 0 Å². The minimum absolute atomic E-state index is 0.431. The number of rotatable bonds is 8.